The second kappa shape index (κ2) is 4.28. The fourth-order valence-corrected chi connectivity index (χ4v) is 2.66. The molecule has 0 bridgehead atoms. The molecule has 5 heteroatoms. The molecule has 1 aromatic rings. The van der Waals surface area contributed by atoms with E-state index >= 15 is 0 Å². The summed E-state index contributed by atoms with van der Waals surface area (Å²) in [6, 6.07) is 0. The third kappa shape index (κ3) is 2.54. The first-order valence-electron chi connectivity index (χ1n) is 5.01. The normalized spacial score (nSPS) is 22.1. The van der Waals surface area contributed by atoms with Crippen molar-refractivity contribution in [2.45, 2.75) is 19.9 Å². The monoisotopic (exact) mass is 226 g/mol. The summed E-state index contributed by atoms with van der Waals surface area (Å²) in [5.41, 5.74) is 1.05. The summed E-state index contributed by atoms with van der Waals surface area (Å²) >= 11 is 1.65. The Morgan fingerprint density at radius 1 is 1.80 bits per heavy atom. The van der Waals surface area contributed by atoms with Crippen molar-refractivity contribution in [1.29, 1.82) is 0 Å². The number of rotatable bonds is 3. The van der Waals surface area contributed by atoms with Crippen molar-refractivity contribution in [2.24, 2.45) is 5.92 Å². The van der Waals surface area contributed by atoms with Crippen LogP contribution in [-0.4, -0.2) is 34.0 Å². The zero-order valence-electron chi connectivity index (χ0n) is 8.64. The Balaban J connectivity index is 1.90. The summed E-state index contributed by atoms with van der Waals surface area (Å²) < 4.78 is 0. The van der Waals surface area contributed by atoms with E-state index in [1.807, 2.05) is 12.3 Å². The minimum Gasteiger partial charge on any atom is -0.481 e. The number of nitrogens with zero attached hydrogens (tertiary/aromatic N) is 2. The molecular formula is C10H14N2O2S. The lowest BCUT2D eigenvalue weighted by Crippen LogP contribution is -2.22. The number of hydrogen-bond donors (Lipinski definition) is 1. The van der Waals surface area contributed by atoms with Crippen molar-refractivity contribution in [2.75, 3.05) is 13.1 Å². The van der Waals surface area contributed by atoms with Crippen LogP contribution in [0.4, 0.5) is 0 Å². The molecule has 15 heavy (non-hydrogen) atoms. The number of aryl methyl sites for hydroxylation is 1. The summed E-state index contributed by atoms with van der Waals surface area (Å²) in [5.74, 6) is -0.862. The number of carbonyl (C=O) groups is 1. The minimum absolute atomic E-state index is 0.189. The molecule has 2 heterocycles. The van der Waals surface area contributed by atoms with Gasteiger partial charge in [0.15, 0.2) is 0 Å². The zero-order valence-corrected chi connectivity index (χ0v) is 9.46. The maximum atomic E-state index is 10.8. The molecule has 1 aliphatic rings. The molecule has 4 nitrogen and oxygen atoms in total. The molecule has 0 aromatic carbocycles. The smallest absolute Gasteiger partial charge is 0.307 e. The fourth-order valence-electron chi connectivity index (χ4n) is 1.84. The molecule has 2 rings (SSSR count). The molecule has 1 N–H and O–H groups in total. The minimum atomic E-state index is -0.673. The van der Waals surface area contributed by atoms with Gasteiger partial charge in [-0.25, -0.2) is 4.98 Å². The van der Waals surface area contributed by atoms with E-state index in [2.05, 4.69) is 9.88 Å². The van der Waals surface area contributed by atoms with Crippen molar-refractivity contribution in [3.63, 3.8) is 0 Å². The second-order valence-electron chi connectivity index (χ2n) is 3.94. The predicted molar refractivity (Wildman–Crippen MR) is 57.9 cm³/mol. The second-order valence-corrected chi connectivity index (χ2v) is 4.88. The molecule has 0 spiro atoms. The molecule has 0 saturated carbocycles. The van der Waals surface area contributed by atoms with Gasteiger partial charge in [0.25, 0.3) is 0 Å². The van der Waals surface area contributed by atoms with Gasteiger partial charge in [0.2, 0.25) is 0 Å². The SMILES string of the molecule is Cc1csc(CN2CCC(C(=O)O)C2)n1. The first-order chi connectivity index (χ1) is 7.15. The van der Waals surface area contributed by atoms with Gasteiger partial charge >= 0.3 is 5.97 Å². The van der Waals surface area contributed by atoms with E-state index in [4.69, 9.17) is 5.11 Å². The molecular weight excluding hydrogens is 212 g/mol. The van der Waals surface area contributed by atoms with Gasteiger partial charge in [-0.15, -0.1) is 11.3 Å². The first kappa shape index (κ1) is 10.6. The Kier molecular flexibility index (Phi) is 3.02. The van der Waals surface area contributed by atoms with Crippen LogP contribution in [0.3, 0.4) is 0 Å². The maximum Gasteiger partial charge on any atom is 0.307 e. The van der Waals surface area contributed by atoms with Gasteiger partial charge in [-0.05, 0) is 19.9 Å². The highest BCUT2D eigenvalue weighted by Gasteiger charge is 2.28. The van der Waals surface area contributed by atoms with E-state index in [9.17, 15) is 4.79 Å². The number of aromatic nitrogens is 1. The highest BCUT2D eigenvalue weighted by molar-refractivity contribution is 7.09. The summed E-state index contributed by atoms with van der Waals surface area (Å²) in [6.45, 7) is 4.30. The van der Waals surface area contributed by atoms with Crippen molar-refractivity contribution in [1.82, 2.24) is 9.88 Å². The molecule has 1 atom stereocenters. The Morgan fingerprint density at radius 2 is 2.60 bits per heavy atom. The summed E-state index contributed by atoms with van der Waals surface area (Å²) in [4.78, 5) is 17.3. The van der Waals surface area contributed by atoms with Crippen LogP contribution in [0.5, 0.6) is 0 Å². The molecule has 82 valence electrons. The topological polar surface area (TPSA) is 53.4 Å². The van der Waals surface area contributed by atoms with Crippen LogP contribution in [0.15, 0.2) is 5.38 Å². The van der Waals surface area contributed by atoms with Gasteiger partial charge in [0.05, 0.1) is 12.5 Å². The quantitative estimate of drug-likeness (QED) is 0.845. The zero-order chi connectivity index (χ0) is 10.8. The van der Waals surface area contributed by atoms with Crippen LogP contribution < -0.4 is 0 Å². The number of aliphatic carboxylic acids is 1. The summed E-state index contributed by atoms with van der Waals surface area (Å²) in [7, 11) is 0. The predicted octanol–water partition coefficient (Wildman–Crippen LogP) is 1.36. The lowest BCUT2D eigenvalue weighted by atomic mass is 10.1. The molecule has 1 saturated heterocycles. The third-order valence-corrected chi connectivity index (χ3v) is 3.60. The average molecular weight is 226 g/mol. The summed E-state index contributed by atoms with van der Waals surface area (Å²) in [6.07, 6.45) is 0.764. The number of hydrogen-bond acceptors (Lipinski definition) is 4. The lowest BCUT2D eigenvalue weighted by Gasteiger charge is -2.12. The van der Waals surface area contributed by atoms with Gasteiger partial charge in [-0.2, -0.15) is 0 Å². The average Bonchev–Trinajstić information content (AvgIpc) is 2.76. The van der Waals surface area contributed by atoms with Crippen LogP contribution >= 0.6 is 11.3 Å². The van der Waals surface area contributed by atoms with Gasteiger partial charge < -0.3 is 5.11 Å². The van der Waals surface area contributed by atoms with E-state index in [1.54, 1.807) is 11.3 Å². The Morgan fingerprint density at radius 3 is 3.13 bits per heavy atom. The number of likely N-dealkylation sites (tertiary alicyclic amines) is 1. The van der Waals surface area contributed by atoms with Crippen molar-refractivity contribution in [3.8, 4) is 0 Å². The number of carboxylic acid groups (broad SMARTS) is 1. The van der Waals surface area contributed by atoms with Crippen molar-refractivity contribution in [3.05, 3.63) is 16.1 Å². The van der Waals surface area contributed by atoms with Gasteiger partial charge in [-0.3, -0.25) is 9.69 Å². The molecule has 1 fully saturated rings. The molecule has 0 aliphatic carbocycles. The largest absolute Gasteiger partial charge is 0.481 e. The molecule has 1 aromatic heterocycles. The van der Waals surface area contributed by atoms with E-state index in [1.165, 1.54) is 0 Å². The highest BCUT2D eigenvalue weighted by atomic mass is 32.1. The molecule has 0 amide bonds. The van der Waals surface area contributed by atoms with Gasteiger partial charge in [0, 0.05) is 17.6 Å². The van der Waals surface area contributed by atoms with Crippen molar-refractivity contribution >= 4 is 17.3 Å². The van der Waals surface area contributed by atoms with Crippen LogP contribution in [0.25, 0.3) is 0 Å². The van der Waals surface area contributed by atoms with Crippen LogP contribution in [-0.2, 0) is 11.3 Å². The van der Waals surface area contributed by atoms with Gasteiger partial charge in [0.1, 0.15) is 5.01 Å². The van der Waals surface area contributed by atoms with E-state index in [0.29, 0.717) is 6.54 Å². The van der Waals surface area contributed by atoms with Crippen LogP contribution in [0.2, 0.25) is 0 Å². The fraction of sp³-hybridized carbons (Fsp3) is 0.600. The van der Waals surface area contributed by atoms with Crippen LogP contribution in [0, 0.1) is 12.8 Å². The van der Waals surface area contributed by atoms with E-state index in [-0.39, 0.29) is 5.92 Å². The van der Waals surface area contributed by atoms with E-state index < -0.39 is 5.97 Å². The highest BCUT2D eigenvalue weighted by Crippen LogP contribution is 2.20. The molecule has 1 unspecified atom stereocenters. The van der Waals surface area contributed by atoms with E-state index in [0.717, 1.165) is 30.2 Å². The molecule has 1 aliphatic heterocycles. The number of carboxylic acids is 1. The van der Waals surface area contributed by atoms with Crippen molar-refractivity contribution < 1.29 is 9.90 Å². The first-order valence-corrected chi connectivity index (χ1v) is 5.89. The maximum absolute atomic E-state index is 10.8. The Bertz CT molecular complexity index is 364. The lowest BCUT2D eigenvalue weighted by molar-refractivity contribution is -0.141. The Labute approximate surface area is 92.6 Å². The molecule has 0 radical (unpaired) electrons. The summed E-state index contributed by atoms with van der Waals surface area (Å²) in [5, 5.41) is 12.0. The number of thiazole rings is 1. The van der Waals surface area contributed by atoms with Gasteiger partial charge in [-0.1, -0.05) is 0 Å². The Hall–Kier alpha value is -0.940. The third-order valence-electron chi connectivity index (χ3n) is 2.65. The standard InChI is InChI=1S/C10H14N2O2S/c1-7-6-15-9(11-7)5-12-3-2-8(4-12)10(13)14/h6,8H,2-5H2,1H3,(H,13,14). The van der Waals surface area contributed by atoms with Crippen LogP contribution in [0.1, 0.15) is 17.1 Å².